The maximum Gasteiger partial charge on any atom is 0.251 e. The molecule has 0 bridgehead atoms. The van der Waals surface area contributed by atoms with Crippen molar-refractivity contribution in [3.63, 3.8) is 0 Å². The van der Waals surface area contributed by atoms with Gasteiger partial charge in [-0.3, -0.25) is 4.79 Å². The molecule has 1 N–H and O–H groups in total. The number of rotatable bonds is 4. The van der Waals surface area contributed by atoms with E-state index in [0.717, 1.165) is 5.56 Å². The summed E-state index contributed by atoms with van der Waals surface area (Å²) in [5, 5.41) is 6.28. The highest BCUT2D eigenvalue weighted by molar-refractivity contribution is 5.94. The summed E-state index contributed by atoms with van der Waals surface area (Å²) in [6.07, 6.45) is 0. The van der Waals surface area contributed by atoms with E-state index in [1.54, 1.807) is 24.3 Å². The Kier molecular flexibility index (Phi) is 4.16. The molecule has 0 spiro atoms. The molecule has 0 saturated heterocycles. The molecule has 94 valence electrons. The molecule has 0 aromatic heterocycles. The second-order valence-electron chi connectivity index (χ2n) is 3.91. The van der Waals surface area contributed by atoms with Gasteiger partial charge in [0, 0.05) is 22.7 Å². The lowest BCUT2D eigenvalue weighted by atomic mass is 10.2. The van der Waals surface area contributed by atoms with Crippen molar-refractivity contribution in [2.24, 2.45) is 5.11 Å². The van der Waals surface area contributed by atoms with Crippen molar-refractivity contribution in [3.8, 4) is 0 Å². The van der Waals surface area contributed by atoms with Crippen LogP contribution in [-0.4, -0.2) is 5.91 Å². The van der Waals surface area contributed by atoms with Gasteiger partial charge in [0.1, 0.15) is 0 Å². The summed E-state index contributed by atoms with van der Waals surface area (Å²) in [5.41, 5.74) is 10.3. The summed E-state index contributed by atoms with van der Waals surface area (Å²) in [6, 6.07) is 16.2. The van der Waals surface area contributed by atoms with E-state index in [0.29, 0.717) is 17.8 Å². The van der Waals surface area contributed by atoms with Crippen LogP contribution in [0, 0.1) is 0 Å². The van der Waals surface area contributed by atoms with Crippen LogP contribution in [0.2, 0.25) is 0 Å². The van der Waals surface area contributed by atoms with Gasteiger partial charge in [-0.15, -0.1) is 0 Å². The van der Waals surface area contributed by atoms with Crippen molar-refractivity contribution in [3.05, 3.63) is 76.2 Å². The maximum atomic E-state index is 11.9. The van der Waals surface area contributed by atoms with Crippen LogP contribution in [0.3, 0.4) is 0 Å². The summed E-state index contributed by atoms with van der Waals surface area (Å²) in [7, 11) is 0. The largest absolute Gasteiger partial charge is 0.348 e. The first-order valence-electron chi connectivity index (χ1n) is 5.77. The molecule has 2 rings (SSSR count). The zero-order valence-electron chi connectivity index (χ0n) is 10.2. The van der Waals surface area contributed by atoms with Gasteiger partial charge >= 0.3 is 0 Å². The van der Waals surface area contributed by atoms with Crippen LogP contribution in [0.25, 0.3) is 10.4 Å². The van der Waals surface area contributed by atoms with Crippen molar-refractivity contribution >= 4 is 11.6 Å². The third-order valence-electron chi connectivity index (χ3n) is 2.56. The van der Waals surface area contributed by atoms with Gasteiger partial charge in [0.2, 0.25) is 0 Å². The number of hydrogen-bond acceptors (Lipinski definition) is 2. The Hall–Kier alpha value is -2.78. The molecule has 0 unspecified atom stereocenters. The molecule has 5 heteroatoms. The van der Waals surface area contributed by atoms with E-state index in [1.165, 1.54) is 0 Å². The molecule has 0 atom stereocenters. The predicted molar refractivity (Wildman–Crippen MR) is 72.9 cm³/mol. The van der Waals surface area contributed by atoms with Gasteiger partial charge in [0.15, 0.2) is 0 Å². The molecule has 1 amide bonds. The summed E-state index contributed by atoms with van der Waals surface area (Å²) in [4.78, 5) is 14.6. The van der Waals surface area contributed by atoms with Crippen LogP contribution < -0.4 is 5.32 Å². The third kappa shape index (κ3) is 3.59. The van der Waals surface area contributed by atoms with Crippen LogP contribution >= 0.6 is 0 Å². The Labute approximate surface area is 110 Å². The van der Waals surface area contributed by atoms with Gasteiger partial charge in [-0.05, 0) is 23.2 Å². The highest BCUT2D eigenvalue weighted by Gasteiger charge is 2.05. The Morgan fingerprint density at radius 2 is 1.95 bits per heavy atom. The van der Waals surface area contributed by atoms with Crippen molar-refractivity contribution in [1.82, 2.24) is 5.32 Å². The van der Waals surface area contributed by atoms with E-state index in [-0.39, 0.29) is 5.91 Å². The molecule has 19 heavy (non-hydrogen) atoms. The molecule has 0 aliphatic heterocycles. The Morgan fingerprint density at radius 3 is 2.68 bits per heavy atom. The van der Waals surface area contributed by atoms with Gasteiger partial charge in [-0.1, -0.05) is 47.6 Å². The van der Waals surface area contributed by atoms with Crippen molar-refractivity contribution in [2.75, 3.05) is 0 Å². The van der Waals surface area contributed by atoms with Gasteiger partial charge < -0.3 is 5.32 Å². The minimum atomic E-state index is -0.196. The number of nitrogens with one attached hydrogen (secondary N) is 1. The van der Waals surface area contributed by atoms with Gasteiger partial charge in [-0.25, -0.2) is 0 Å². The number of amides is 1. The predicted octanol–water partition coefficient (Wildman–Crippen LogP) is 3.56. The molecule has 2 aromatic carbocycles. The van der Waals surface area contributed by atoms with Crippen LogP contribution in [0.4, 0.5) is 5.69 Å². The minimum Gasteiger partial charge on any atom is -0.348 e. The van der Waals surface area contributed by atoms with Crippen LogP contribution in [-0.2, 0) is 6.54 Å². The summed E-state index contributed by atoms with van der Waals surface area (Å²) in [6.45, 7) is 0.464. The molecule has 0 saturated carbocycles. The second kappa shape index (κ2) is 6.23. The molecule has 0 heterocycles. The highest BCUT2D eigenvalue weighted by atomic mass is 16.1. The number of benzene rings is 2. The number of azide groups is 1. The van der Waals surface area contributed by atoms with Crippen molar-refractivity contribution in [1.29, 1.82) is 0 Å². The Bertz CT molecular complexity index is 618. The third-order valence-corrected chi connectivity index (χ3v) is 2.56. The van der Waals surface area contributed by atoms with E-state index < -0.39 is 0 Å². The zero-order chi connectivity index (χ0) is 13.5. The van der Waals surface area contributed by atoms with E-state index in [4.69, 9.17) is 5.53 Å². The summed E-state index contributed by atoms with van der Waals surface area (Å²) >= 11 is 0. The first-order valence-corrected chi connectivity index (χ1v) is 5.77. The lowest BCUT2D eigenvalue weighted by molar-refractivity contribution is 0.0951. The number of hydrogen-bond donors (Lipinski definition) is 1. The molecule has 0 fully saturated rings. The van der Waals surface area contributed by atoms with E-state index in [9.17, 15) is 4.79 Å². The molecular weight excluding hydrogens is 240 g/mol. The van der Waals surface area contributed by atoms with Crippen LogP contribution in [0.15, 0.2) is 59.7 Å². The summed E-state index contributed by atoms with van der Waals surface area (Å²) in [5.74, 6) is -0.196. The van der Waals surface area contributed by atoms with E-state index in [2.05, 4.69) is 15.3 Å². The lowest BCUT2D eigenvalue weighted by Gasteiger charge is -2.05. The average molecular weight is 252 g/mol. The normalized spacial score (nSPS) is 9.47. The quantitative estimate of drug-likeness (QED) is 0.504. The van der Waals surface area contributed by atoms with Crippen LogP contribution in [0.5, 0.6) is 0 Å². The summed E-state index contributed by atoms with van der Waals surface area (Å²) < 4.78 is 0. The monoisotopic (exact) mass is 252 g/mol. The van der Waals surface area contributed by atoms with Gasteiger partial charge in [0.25, 0.3) is 5.91 Å². The number of nitrogens with zero attached hydrogens (tertiary/aromatic N) is 3. The van der Waals surface area contributed by atoms with E-state index in [1.807, 2.05) is 30.3 Å². The molecule has 0 aliphatic carbocycles. The van der Waals surface area contributed by atoms with Crippen LogP contribution in [0.1, 0.15) is 15.9 Å². The molecular formula is C14H12N4O. The second-order valence-corrected chi connectivity index (χ2v) is 3.91. The fourth-order valence-electron chi connectivity index (χ4n) is 1.64. The standard InChI is InChI=1S/C14H12N4O/c15-18-17-13-8-4-7-12(9-13)14(19)16-10-11-5-2-1-3-6-11/h1-9H,10H2,(H,16,19). The average Bonchev–Trinajstić information content (AvgIpc) is 2.46. The topological polar surface area (TPSA) is 77.9 Å². The molecule has 0 aliphatic rings. The smallest absolute Gasteiger partial charge is 0.251 e. The first-order chi connectivity index (χ1) is 9.29. The number of carbonyl (C=O) groups excluding carboxylic acids is 1. The first kappa shape index (κ1) is 12.7. The Balaban J connectivity index is 2.04. The fourth-order valence-corrected chi connectivity index (χ4v) is 1.64. The maximum absolute atomic E-state index is 11.9. The van der Waals surface area contributed by atoms with Gasteiger partial charge in [-0.2, -0.15) is 0 Å². The zero-order valence-corrected chi connectivity index (χ0v) is 10.2. The number of carbonyl (C=O) groups is 1. The molecule has 5 nitrogen and oxygen atoms in total. The lowest BCUT2D eigenvalue weighted by Crippen LogP contribution is -2.22. The SMILES string of the molecule is [N-]=[N+]=Nc1cccc(C(=O)NCc2ccccc2)c1. The van der Waals surface area contributed by atoms with Gasteiger partial charge in [0.05, 0.1) is 0 Å². The van der Waals surface area contributed by atoms with E-state index >= 15 is 0 Å². The molecule has 2 aromatic rings. The Morgan fingerprint density at radius 1 is 1.16 bits per heavy atom. The molecule has 0 radical (unpaired) electrons. The van der Waals surface area contributed by atoms with Crippen molar-refractivity contribution in [2.45, 2.75) is 6.54 Å². The fraction of sp³-hybridized carbons (Fsp3) is 0.0714. The highest BCUT2D eigenvalue weighted by Crippen LogP contribution is 2.14. The van der Waals surface area contributed by atoms with Crippen molar-refractivity contribution < 1.29 is 4.79 Å². The minimum absolute atomic E-state index is 0.196.